The molecular formula is C12H24N2O2Si. The van der Waals surface area contributed by atoms with Crippen LogP contribution in [0.4, 0.5) is 0 Å². The molecule has 0 amide bonds. The maximum absolute atomic E-state index is 9.04. The van der Waals surface area contributed by atoms with Gasteiger partial charge in [0.1, 0.15) is 0 Å². The zero-order valence-electron chi connectivity index (χ0n) is 11.9. The van der Waals surface area contributed by atoms with Gasteiger partial charge < -0.3 is 9.16 Å². The Bertz CT molecular complexity index is 303. The Morgan fingerprint density at radius 1 is 1.35 bits per heavy atom. The van der Waals surface area contributed by atoms with E-state index >= 15 is 0 Å². The predicted octanol–water partition coefficient (Wildman–Crippen LogP) is 2.96. The second kappa shape index (κ2) is 6.17. The van der Waals surface area contributed by atoms with Gasteiger partial charge in [0.25, 0.3) is 0 Å². The molecule has 17 heavy (non-hydrogen) atoms. The van der Waals surface area contributed by atoms with Crippen molar-refractivity contribution in [3.63, 3.8) is 0 Å². The van der Waals surface area contributed by atoms with Crippen molar-refractivity contribution in [2.24, 2.45) is 4.99 Å². The second-order valence-electron chi connectivity index (χ2n) is 5.65. The van der Waals surface area contributed by atoms with Crippen LogP contribution in [0.25, 0.3) is 0 Å². The number of rotatable bonds is 5. The zero-order chi connectivity index (χ0) is 13.7. The van der Waals surface area contributed by atoms with Crippen molar-refractivity contribution in [2.45, 2.75) is 58.0 Å². The van der Waals surface area contributed by atoms with E-state index in [1.54, 1.807) is 0 Å². The molecule has 0 radical (unpaired) electrons. The molecule has 0 aromatic carbocycles. The van der Waals surface area contributed by atoms with E-state index in [1.165, 1.54) is 13.5 Å². The van der Waals surface area contributed by atoms with Gasteiger partial charge in [0.15, 0.2) is 20.8 Å². The summed E-state index contributed by atoms with van der Waals surface area (Å²) in [6.45, 7) is 12.7. The highest BCUT2D eigenvalue weighted by molar-refractivity contribution is 6.74. The van der Waals surface area contributed by atoms with Crippen LogP contribution in [0.3, 0.4) is 0 Å². The molecule has 98 valence electrons. The maximum Gasteiger partial charge on any atom is 0.192 e. The van der Waals surface area contributed by atoms with E-state index in [0.717, 1.165) is 0 Å². The van der Waals surface area contributed by atoms with Crippen LogP contribution in [0, 0.1) is 11.3 Å². The Labute approximate surface area is 106 Å². The molecule has 0 fully saturated rings. The molecule has 0 spiro atoms. The highest BCUT2D eigenvalue weighted by Gasteiger charge is 2.39. The molecule has 2 atom stereocenters. The molecule has 0 N–H and O–H groups in total. The highest BCUT2D eigenvalue weighted by atomic mass is 28.4. The Morgan fingerprint density at radius 2 is 1.88 bits per heavy atom. The van der Waals surface area contributed by atoms with Gasteiger partial charge in [-0.1, -0.05) is 20.8 Å². The smallest absolute Gasteiger partial charge is 0.192 e. The average molecular weight is 256 g/mol. The van der Waals surface area contributed by atoms with Crippen LogP contribution in [-0.2, 0) is 9.16 Å². The first kappa shape index (κ1) is 16.1. The van der Waals surface area contributed by atoms with Crippen molar-refractivity contribution < 1.29 is 9.16 Å². The molecule has 0 heterocycles. The van der Waals surface area contributed by atoms with E-state index in [2.05, 4.69) is 44.9 Å². The lowest BCUT2D eigenvalue weighted by molar-refractivity contribution is 0.187. The van der Waals surface area contributed by atoms with Crippen LogP contribution >= 0.6 is 0 Å². The summed E-state index contributed by atoms with van der Waals surface area (Å²) < 4.78 is 10.8. The van der Waals surface area contributed by atoms with E-state index in [-0.39, 0.29) is 11.1 Å². The number of nitrogens with zero attached hydrogens (tertiary/aromatic N) is 2. The van der Waals surface area contributed by atoms with Crippen molar-refractivity contribution in [3.05, 3.63) is 0 Å². The van der Waals surface area contributed by atoms with Gasteiger partial charge in [0.2, 0.25) is 0 Å². The first-order chi connectivity index (χ1) is 7.65. The summed E-state index contributed by atoms with van der Waals surface area (Å²) in [6, 6.07) is 1.62. The van der Waals surface area contributed by atoms with Crippen molar-refractivity contribution >= 4 is 14.7 Å². The number of aliphatic imine (C=N–C) groups is 1. The Kier molecular flexibility index (Phi) is 5.86. The highest BCUT2D eigenvalue weighted by Crippen LogP contribution is 2.37. The molecule has 0 bridgehead atoms. The third-order valence-electron chi connectivity index (χ3n) is 3.19. The summed E-state index contributed by atoms with van der Waals surface area (Å²) in [7, 11) is -0.341. The van der Waals surface area contributed by atoms with Gasteiger partial charge in [0, 0.05) is 0 Å². The van der Waals surface area contributed by atoms with E-state index in [0.29, 0.717) is 0 Å². The quantitative estimate of drug-likeness (QED) is 0.432. The molecule has 4 nitrogen and oxygen atoms in total. The normalized spacial score (nSPS) is 16.6. The minimum Gasteiger partial charge on any atom is -0.487 e. The monoisotopic (exact) mass is 256 g/mol. The number of nitriles is 1. The zero-order valence-corrected chi connectivity index (χ0v) is 12.9. The van der Waals surface area contributed by atoms with Crippen molar-refractivity contribution in [1.82, 2.24) is 0 Å². The molecule has 0 aromatic rings. The molecule has 0 aliphatic rings. The van der Waals surface area contributed by atoms with Gasteiger partial charge in [-0.2, -0.15) is 5.26 Å². The predicted molar refractivity (Wildman–Crippen MR) is 72.6 cm³/mol. The van der Waals surface area contributed by atoms with Crippen LogP contribution in [0.1, 0.15) is 27.7 Å². The molecule has 2 unspecified atom stereocenters. The van der Waals surface area contributed by atoms with Crippen LogP contribution in [0.2, 0.25) is 18.1 Å². The number of methoxy groups -OCH3 is 1. The molecule has 0 aliphatic carbocycles. The third-order valence-corrected chi connectivity index (χ3v) is 7.76. The number of hydrogen-bond acceptors (Lipinski definition) is 4. The Hall–Kier alpha value is -0.863. The molecule has 0 aromatic heterocycles. The van der Waals surface area contributed by atoms with E-state index < -0.39 is 14.4 Å². The molecule has 0 aliphatic heterocycles. The lowest BCUT2D eigenvalue weighted by Crippen LogP contribution is -2.45. The summed E-state index contributed by atoms with van der Waals surface area (Å²) in [6.07, 6.45) is 1.08. The summed E-state index contributed by atoms with van der Waals surface area (Å²) in [5.41, 5.74) is 0. The topological polar surface area (TPSA) is 54.6 Å². The van der Waals surface area contributed by atoms with Crippen LogP contribution in [0.5, 0.6) is 0 Å². The fourth-order valence-corrected chi connectivity index (χ4v) is 2.50. The molecule has 5 heteroatoms. The molecule has 0 saturated carbocycles. The molecular weight excluding hydrogens is 232 g/mol. The number of ether oxygens (including phenoxy) is 1. The van der Waals surface area contributed by atoms with Crippen LogP contribution in [-0.4, -0.2) is 34.0 Å². The van der Waals surface area contributed by atoms with Crippen molar-refractivity contribution in [2.75, 3.05) is 7.11 Å². The van der Waals surface area contributed by atoms with Gasteiger partial charge >= 0.3 is 0 Å². The fraction of sp³-hybridized carbons (Fsp3) is 0.833. The lowest BCUT2D eigenvalue weighted by atomic mass is 10.2. The van der Waals surface area contributed by atoms with Crippen molar-refractivity contribution in [1.29, 1.82) is 5.26 Å². The molecule has 0 saturated heterocycles. The Balaban J connectivity index is 4.68. The summed E-state index contributed by atoms with van der Waals surface area (Å²) in [5, 5.41) is 9.17. The first-order valence-corrected chi connectivity index (χ1v) is 8.68. The summed E-state index contributed by atoms with van der Waals surface area (Å²) in [5.74, 6) is 0. The van der Waals surface area contributed by atoms with Crippen molar-refractivity contribution in [3.8, 4) is 6.07 Å². The third kappa shape index (κ3) is 4.88. The maximum atomic E-state index is 9.04. The van der Waals surface area contributed by atoms with Gasteiger partial charge in [-0.3, -0.25) is 0 Å². The van der Waals surface area contributed by atoms with Gasteiger partial charge in [0.05, 0.1) is 19.3 Å². The van der Waals surface area contributed by atoms with E-state index in [9.17, 15) is 0 Å². The van der Waals surface area contributed by atoms with Crippen LogP contribution in [0.15, 0.2) is 4.99 Å². The molecule has 0 rings (SSSR count). The first-order valence-electron chi connectivity index (χ1n) is 5.77. The summed E-state index contributed by atoms with van der Waals surface area (Å²) in [4.78, 5) is 4.02. The fourth-order valence-electron chi connectivity index (χ4n) is 1.09. The minimum atomic E-state index is -1.85. The van der Waals surface area contributed by atoms with Gasteiger partial charge in [-0.15, -0.1) is 0 Å². The Morgan fingerprint density at radius 3 is 2.24 bits per heavy atom. The standard InChI is InChI=1S/C12H24N2O2Si/c1-10(11(8-13)14-9-15-5)16-17(6,7)12(2,3)4/h9-11H,1-7H3. The summed E-state index contributed by atoms with van der Waals surface area (Å²) >= 11 is 0. The van der Waals surface area contributed by atoms with E-state index in [4.69, 9.17) is 14.4 Å². The van der Waals surface area contributed by atoms with E-state index in [1.807, 2.05) is 6.92 Å². The minimum absolute atomic E-state index is 0.131. The van der Waals surface area contributed by atoms with Gasteiger partial charge in [-0.05, 0) is 25.1 Å². The SMILES string of the molecule is COC=NC(C#N)C(C)O[Si](C)(C)C(C)(C)C. The average Bonchev–Trinajstić information content (AvgIpc) is 2.16. The number of hydrogen-bond donors (Lipinski definition) is 0. The lowest BCUT2D eigenvalue weighted by Gasteiger charge is -2.38. The largest absolute Gasteiger partial charge is 0.487 e. The van der Waals surface area contributed by atoms with Crippen LogP contribution < -0.4 is 0 Å². The second-order valence-corrected chi connectivity index (χ2v) is 10.4. The van der Waals surface area contributed by atoms with Gasteiger partial charge in [-0.25, -0.2) is 4.99 Å².